The molecule has 0 amide bonds. The minimum Gasteiger partial charge on any atom is -0.497 e. The molecule has 1 aliphatic rings. The summed E-state index contributed by atoms with van der Waals surface area (Å²) in [6.07, 6.45) is 6.94. The highest BCUT2D eigenvalue weighted by atomic mass is 16.5. The molecule has 1 fully saturated rings. The molecule has 0 spiro atoms. The van der Waals surface area contributed by atoms with Gasteiger partial charge in [0.05, 0.1) is 18.4 Å². The van der Waals surface area contributed by atoms with E-state index in [4.69, 9.17) is 9.72 Å². The number of hydrogen-bond donors (Lipinski definition) is 1. The summed E-state index contributed by atoms with van der Waals surface area (Å²) in [5.41, 5.74) is 5.42. The Labute approximate surface area is 164 Å². The average Bonchev–Trinajstić information content (AvgIpc) is 2.71. The van der Waals surface area contributed by atoms with Crippen LogP contribution in [-0.4, -0.2) is 23.2 Å². The molecule has 0 unspecified atom stereocenters. The largest absolute Gasteiger partial charge is 0.497 e. The van der Waals surface area contributed by atoms with Crippen LogP contribution in [0.1, 0.15) is 35.2 Å². The van der Waals surface area contributed by atoms with Gasteiger partial charge in [0.15, 0.2) is 0 Å². The zero-order chi connectivity index (χ0) is 19.5. The normalized spacial score (nSPS) is 13.8. The van der Waals surface area contributed by atoms with Crippen molar-refractivity contribution in [1.82, 2.24) is 4.98 Å². The molecule has 4 heteroatoms. The van der Waals surface area contributed by atoms with Crippen LogP contribution < -0.4 is 4.74 Å². The summed E-state index contributed by atoms with van der Waals surface area (Å²) in [5, 5.41) is 9.18. The van der Waals surface area contributed by atoms with Crippen LogP contribution in [0.5, 0.6) is 5.75 Å². The third-order valence-electron chi connectivity index (χ3n) is 5.50. The number of pyridine rings is 1. The van der Waals surface area contributed by atoms with E-state index < -0.39 is 5.97 Å². The summed E-state index contributed by atoms with van der Waals surface area (Å²) in [7, 11) is 1.65. The van der Waals surface area contributed by atoms with E-state index in [-0.39, 0.29) is 5.56 Å². The van der Waals surface area contributed by atoms with Crippen LogP contribution in [0.3, 0.4) is 0 Å². The predicted octanol–water partition coefficient (Wildman–Crippen LogP) is 5.47. The van der Waals surface area contributed by atoms with E-state index in [1.165, 1.54) is 24.8 Å². The van der Waals surface area contributed by atoms with Gasteiger partial charge in [-0.1, -0.05) is 31.4 Å². The molecule has 1 saturated carbocycles. The minimum atomic E-state index is -0.918. The summed E-state index contributed by atoms with van der Waals surface area (Å²) in [4.78, 5) is 16.0. The molecule has 4 rings (SSSR count). The molecule has 142 valence electrons. The Kier molecular flexibility index (Phi) is 5.11. The van der Waals surface area contributed by atoms with Crippen molar-refractivity contribution in [1.29, 1.82) is 0 Å². The summed E-state index contributed by atoms with van der Waals surface area (Å²) in [6, 6.07) is 17.1. The van der Waals surface area contributed by atoms with Crippen molar-refractivity contribution in [3.05, 3.63) is 71.9 Å². The molecule has 4 nitrogen and oxygen atoms in total. The number of hydrogen-bond acceptors (Lipinski definition) is 3. The fourth-order valence-corrected chi connectivity index (χ4v) is 3.64. The summed E-state index contributed by atoms with van der Waals surface area (Å²) in [6.45, 7) is 0. The highest BCUT2D eigenvalue weighted by Gasteiger charge is 2.19. The van der Waals surface area contributed by atoms with Crippen LogP contribution in [0.2, 0.25) is 0 Å². The summed E-state index contributed by atoms with van der Waals surface area (Å²) >= 11 is 0. The van der Waals surface area contributed by atoms with Crippen LogP contribution >= 0.6 is 0 Å². The Bertz CT molecular complexity index is 974. The highest BCUT2D eigenvalue weighted by molar-refractivity contribution is 5.89. The highest BCUT2D eigenvalue weighted by Crippen LogP contribution is 2.35. The van der Waals surface area contributed by atoms with Gasteiger partial charge in [0.25, 0.3) is 0 Å². The number of rotatable bonds is 6. The molecule has 28 heavy (non-hydrogen) atoms. The second-order valence-corrected chi connectivity index (χ2v) is 7.35. The first-order valence-corrected chi connectivity index (χ1v) is 9.61. The van der Waals surface area contributed by atoms with E-state index in [9.17, 15) is 9.90 Å². The number of aromatic carboxylic acids is 1. The first kappa shape index (κ1) is 18.2. The summed E-state index contributed by atoms with van der Waals surface area (Å²) in [5.74, 6) is 0.646. The van der Waals surface area contributed by atoms with Crippen molar-refractivity contribution in [3.63, 3.8) is 0 Å². The number of ether oxygens (including phenoxy) is 1. The van der Waals surface area contributed by atoms with Gasteiger partial charge in [-0.05, 0) is 65.9 Å². The van der Waals surface area contributed by atoms with Gasteiger partial charge >= 0.3 is 5.97 Å². The fraction of sp³-hybridized carbons (Fsp3) is 0.250. The van der Waals surface area contributed by atoms with Crippen molar-refractivity contribution >= 4 is 5.97 Å². The monoisotopic (exact) mass is 373 g/mol. The van der Waals surface area contributed by atoms with E-state index >= 15 is 0 Å². The smallest absolute Gasteiger partial charge is 0.335 e. The lowest BCUT2D eigenvalue weighted by Crippen LogP contribution is -2.13. The maximum atomic E-state index is 11.2. The zero-order valence-corrected chi connectivity index (χ0v) is 15.9. The Morgan fingerprint density at radius 2 is 1.75 bits per heavy atom. The van der Waals surface area contributed by atoms with E-state index in [1.807, 2.05) is 42.6 Å². The summed E-state index contributed by atoms with van der Waals surface area (Å²) < 4.78 is 5.26. The molecule has 1 N–H and O–H groups in total. The number of carboxylic acids is 1. The van der Waals surface area contributed by atoms with Gasteiger partial charge in [0, 0.05) is 17.3 Å². The number of carbonyl (C=O) groups is 1. The molecule has 0 atom stereocenters. The van der Waals surface area contributed by atoms with E-state index in [0.29, 0.717) is 0 Å². The molecule has 1 heterocycles. The van der Waals surface area contributed by atoms with Crippen molar-refractivity contribution in [3.8, 4) is 28.1 Å². The van der Waals surface area contributed by atoms with Crippen molar-refractivity contribution in [2.45, 2.75) is 25.7 Å². The molecule has 1 aliphatic carbocycles. The Morgan fingerprint density at radius 1 is 1.07 bits per heavy atom. The van der Waals surface area contributed by atoms with E-state index in [1.54, 1.807) is 19.2 Å². The van der Waals surface area contributed by atoms with Crippen LogP contribution in [0.4, 0.5) is 0 Å². The standard InChI is InChI=1S/C24H23NO3/c1-28-21-11-9-19(10-12-21)23-22(18-5-7-20(8-6-18)24(26)27)14-17(15-25-23)13-16-3-2-4-16/h5-12,14-16H,2-4,13H2,1H3,(H,26,27). The topological polar surface area (TPSA) is 59.4 Å². The maximum Gasteiger partial charge on any atom is 0.335 e. The zero-order valence-electron chi connectivity index (χ0n) is 15.9. The van der Waals surface area contributed by atoms with Gasteiger partial charge in [-0.25, -0.2) is 4.79 Å². The predicted molar refractivity (Wildman–Crippen MR) is 110 cm³/mol. The molecule has 0 saturated heterocycles. The third kappa shape index (κ3) is 3.77. The lowest BCUT2D eigenvalue weighted by Gasteiger charge is -2.25. The van der Waals surface area contributed by atoms with Gasteiger partial charge in [-0.3, -0.25) is 4.98 Å². The van der Waals surface area contributed by atoms with Gasteiger partial charge < -0.3 is 9.84 Å². The number of methoxy groups -OCH3 is 1. The Balaban J connectivity index is 1.76. The molecule has 0 bridgehead atoms. The lowest BCUT2D eigenvalue weighted by atomic mass is 9.81. The van der Waals surface area contributed by atoms with Crippen molar-refractivity contribution in [2.24, 2.45) is 5.92 Å². The van der Waals surface area contributed by atoms with Crippen LogP contribution in [-0.2, 0) is 6.42 Å². The molecular weight excluding hydrogens is 350 g/mol. The lowest BCUT2D eigenvalue weighted by molar-refractivity contribution is 0.0697. The van der Waals surface area contributed by atoms with Crippen molar-refractivity contribution < 1.29 is 14.6 Å². The first-order chi connectivity index (χ1) is 13.6. The second kappa shape index (κ2) is 7.85. The molecule has 3 aromatic rings. The second-order valence-electron chi connectivity index (χ2n) is 7.35. The molecular formula is C24H23NO3. The van der Waals surface area contributed by atoms with E-state index in [0.717, 1.165) is 40.5 Å². The maximum absolute atomic E-state index is 11.2. The number of nitrogens with zero attached hydrogens (tertiary/aromatic N) is 1. The fourth-order valence-electron chi connectivity index (χ4n) is 3.64. The Morgan fingerprint density at radius 3 is 2.32 bits per heavy atom. The van der Waals surface area contributed by atoms with Crippen LogP contribution in [0, 0.1) is 5.92 Å². The number of benzene rings is 2. The van der Waals surface area contributed by atoms with Crippen LogP contribution in [0.15, 0.2) is 60.8 Å². The van der Waals surface area contributed by atoms with Crippen LogP contribution in [0.25, 0.3) is 22.4 Å². The van der Waals surface area contributed by atoms with Gasteiger partial charge in [0.2, 0.25) is 0 Å². The quantitative estimate of drug-likeness (QED) is 0.623. The first-order valence-electron chi connectivity index (χ1n) is 9.61. The molecule has 2 aromatic carbocycles. The number of aromatic nitrogens is 1. The minimum absolute atomic E-state index is 0.285. The molecule has 1 aromatic heterocycles. The number of carboxylic acid groups (broad SMARTS) is 1. The van der Waals surface area contributed by atoms with Crippen molar-refractivity contribution in [2.75, 3.05) is 7.11 Å². The SMILES string of the molecule is COc1ccc(-c2ncc(CC3CCC3)cc2-c2ccc(C(=O)O)cc2)cc1. The molecule has 0 radical (unpaired) electrons. The van der Waals surface area contributed by atoms with E-state index in [2.05, 4.69) is 6.07 Å². The van der Waals surface area contributed by atoms with Gasteiger partial charge in [0.1, 0.15) is 5.75 Å². The average molecular weight is 373 g/mol. The van der Waals surface area contributed by atoms with Gasteiger partial charge in [-0.15, -0.1) is 0 Å². The van der Waals surface area contributed by atoms with Gasteiger partial charge in [-0.2, -0.15) is 0 Å². The Hall–Kier alpha value is -3.14. The molecule has 0 aliphatic heterocycles. The third-order valence-corrected chi connectivity index (χ3v) is 5.50.